The van der Waals surface area contributed by atoms with Crippen molar-refractivity contribution in [1.29, 1.82) is 0 Å². The second-order valence-corrected chi connectivity index (χ2v) is 4.18. The van der Waals surface area contributed by atoms with Crippen LogP contribution in [0.1, 0.15) is 23.8 Å². The van der Waals surface area contributed by atoms with Crippen LogP contribution < -0.4 is 10.6 Å². The lowest BCUT2D eigenvalue weighted by molar-refractivity contribution is 0.102. The van der Waals surface area contributed by atoms with Crippen LogP contribution in [-0.4, -0.2) is 22.4 Å². The zero-order valence-corrected chi connectivity index (χ0v) is 11.1. The third kappa shape index (κ3) is 3.74. The lowest BCUT2D eigenvalue weighted by atomic mass is 10.3. The fourth-order valence-corrected chi connectivity index (χ4v) is 1.54. The molecule has 0 spiro atoms. The van der Waals surface area contributed by atoms with E-state index in [1.807, 2.05) is 6.92 Å². The second-order valence-electron chi connectivity index (χ2n) is 4.18. The average molecular weight is 274 g/mol. The van der Waals surface area contributed by atoms with Crippen molar-refractivity contribution in [3.8, 4) is 0 Å². The van der Waals surface area contributed by atoms with Crippen molar-refractivity contribution >= 4 is 17.4 Å². The molecule has 0 unspecified atom stereocenters. The number of carbonyl (C=O) groups is 1. The molecule has 0 radical (unpaired) electrons. The van der Waals surface area contributed by atoms with E-state index in [4.69, 9.17) is 0 Å². The van der Waals surface area contributed by atoms with Gasteiger partial charge < -0.3 is 10.6 Å². The number of anilines is 2. The minimum Gasteiger partial charge on any atom is -0.369 e. The molecule has 0 saturated heterocycles. The highest BCUT2D eigenvalue weighted by atomic mass is 19.1. The first-order valence-electron chi connectivity index (χ1n) is 6.32. The topological polar surface area (TPSA) is 66.9 Å². The van der Waals surface area contributed by atoms with E-state index in [0.717, 1.165) is 13.0 Å². The van der Waals surface area contributed by atoms with Crippen LogP contribution in [0.25, 0.3) is 0 Å². The summed E-state index contributed by atoms with van der Waals surface area (Å²) in [5, 5.41) is 5.69. The SMILES string of the molecule is CCCNc1cncc(C(=O)Nc2ccc(F)cc2)n1. The van der Waals surface area contributed by atoms with Crippen LogP contribution in [0.2, 0.25) is 0 Å². The number of rotatable bonds is 5. The number of hydrogen-bond donors (Lipinski definition) is 2. The Morgan fingerprint density at radius 3 is 2.70 bits per heavy atom. The first-order valence-corrected chi connectivity index (χ1v) is 6.32. The largest absolute Gasteiger partial charge is 0.369 e. The number of nitrogens with zero attached hydrogens (tertiary/aromatic N) is 2. The Balaban J connectivity index is 2.06. The van der Waals surface area contributed by atoms with Crippen molar-refractivity contribution in [2.45, 2.75) is 13.3 Å². The van der Waals surface area contributed by atoms with Gasteiger partial charge in [0.15, 0.2) is 0 Å². The van der Waals surface area contributed by atoms with Crippen LogP contribution in [0.4, 0.5) is 15.9 Å². The molecule has 0 aliphatic heterocycles. The predicted molar refractivity (Wildman–Crippen MR) is 75.2 cm³/mol. The van der Waals surface area contributed by atoms with Crippen molar-refractivity contribution in [3.05, 3.63) is 48.2 Å². The van der Waals surface area contributed by atoms with Gasteiger partial charge in [-0.3, -0.25) is 9.78 Å². The first-order chi connectivity index (χ1) is 9.69. The fraction of sp³-hybridized carbons (Fsp3) is 0.214. The Labute approximate surface area is 116 Å². The summed E-state index contributed by atoms with van der Waals surface area (Å²) in [6.45, 7) is 2.79. The minimum atomic E-state index is -0.385. The Hall–Kier alpha value is -2.50. The maximum Gasteiger partial charge on any atom is 0.275 e. The van der Waals surface area contributed by atoms with E-state index < -0.39 is 0 Å². The normalized spacial score (nSPS) is 10.1. The lowest BCUT2D eigenvalue weighted by Gasteiger charge is -2.07. The highest BCUT2D eigenvalue weighted by Crippen LogP contribution is 2.10. The molecule has 1 heterocycles. The third-order valence-corrected chi connectivity index (χ3v) is 2.53. The molecule has 5 nitrogen and oxygen atoms in total. The molecule has 0 fully saturated rings. The zero-order valence-electron chi connectivity index (χ0n) is 11.1. The van der Waals surface area contributed by atoms with Crippen LogP contribution in [0, 0.1) is 5.82 Å². The summed E-state index contributed by atoms with van der Waals surface area (Å²) in [7, 11) is 0. The second kappa shape index (κ2) is 6.60. The van der Waals surface area contributed by atoms with E-state index in [2.05, 4.69) is 20.6 Å². The Kier molecular flexibility index (Phi) is 4.60. The molecule has 6 heteroatoms. The minimum absolute atomic E-state index is 0.204. The summed E-state index contributed by atoms with van der Waals surface area (Å²) >= 11 is 0. The van der Waals surface area contributed by atoms with E-state index in [9.17, 15) is 9.18 Å². The molecule has 0 aliphatic carbocycles. The maximum absolute atomic E-state index is 12.8. The molecule has 104 valence electrons. The summed E-state index contributed by atoms with van der Waals surface area (Å²) in [4.78, 5) is 20.1. The molecule has 1 aromatic heterocycles. The predicted octanol–water partition coefficient (Wildman–Crippen LogP) is 2.69. The standard InChI is InChI=1S/C14H15FN4O/c1-2-7-17-13-9-16-8-12(19-13)14(20)18-11-5-3-10(15)4-6-11/h3-6,8-9H,2,7H2,1H3,(H,17,19)(H,18,20). The molecule has 2 rings (SSSR count). The number of amides is 1. The van der Waals surface area contributed by atoms with Gasteiger partial charge in [-0.15, -0.1) is 0 Å². The summed E-state index contributed by atoms with van der Waals surface area (Å²) in [6.07, 6.45) is 3.90. The van der Waals surface area contributed by atoms with E-state index >= 15 is 0 Å². The number of carbonyl (C=O) groups excluding carboxylic acids is 1. The molecule has 0 atom stereocenters. The molecule has 1 aromatic carbocycles. The van der Waals surface area contributed by atoms with Crippen LogP contribution in [-0.2, 0) is 0 Å². The Morgan fingerprint density at radius 2 is 2.00 bits per heavy atom. The molecule has 2 aromatic rings. The van der Waals surface area contributed by atoms with Gasteiger partial charge in [0.05, 0.1) is 12.4 Å². The van der Waals surface area contributed by atoms with E-state index in [1.54, 1.807) is 6.20 Å². The van der Waals surface area contributed by atoms with Crippen molar-refractivity contribution in [1.82, 2.24) is 9.97 Å². The highest BCUT2D eigenvalue weighted by Gasteiger charge is 2.09. The van der Waals surface area contributed by atoms with Crippen LogP contribution in [0.15, 0.2) is 36.7 Å². The van der Waals surface area contributed by atoms with E-state index in [1.165, 1.54) is 30.5 Å². The van der Waals surface area contributed by atoms with Crippen molar-refractivity contribution in [2.24, 2.45) is 0 Å². The summed E-state index contributed by atoms with van der Waals surface area (Å²) in [6, 6.07) is 5.53. The van der Waals surface area contributed by atoms with Crippen molar-refractivity contribution in [2.75, 3.05) is 17.2 Å². The summed E-state index contributed by atoms with van der Waals surface area (Å²) in [5.41, 5.74) is 0.709. The van der Waals surface area contributed by atoms with Crippen molar-refractivity contribution < 1.29 is 9.18 Å². The van der Waals surface area contributed by atoms with Gasteiger partial charge in [-0.2, -0.15) is 0 Å². The monoisotopic (exact) mass is 274 g/mol. The Morgan fingerprint density at radius 1 is 1.25 bits per heavy atom. The maximum atomic E-state index is 12.8. The number of hydrogen-bond acceptors (Lipinski definition) is 4. The van der Waals surface area contributed by atoms with Gasteiger partial charge in [0.1, 0.15) is 17.3 Å². The van der Waals surface area contributed by atoms with Crippen molar-refractivity contribution in [3.63, 3.8) is 0 Å². The van der Waals surface area contributed by atoms with Gasteiger partial charge in [0.25, 0.3) is 5.91 Å². The molecule has 20 heavy (non-hydrogen) atoms. The molecule has 0 aliphatic rings. The zero-order chi connectivity index (χ0) is 14.4. The van der Waals surface area contributed by atoms with Crippen LogP contribution in [0.5, 0.6) is 0 Å². The van der Waals surface area contributed by atoms with Gasteiger partial charge in [0, 0.05) is 12.2 Å². The molecular weight excluding hydrogens is 259 g/mol. The van der Waals surface area contributed by atoms with Gasteiger partial charge >= 0.3 is 0 Å². The van der Waals surface area contributed by atoms with Gasteiger partial charge in [-0.1, -0.05) is 6.92 Å². The van der Waals surface area contributed by atoms with Gasteiger partial charge in [-0.05, 0) is 30.7 Å². The van der Waals surface area contributed by atoms with Crippen LogP contribution >= 0.6 is 0 Å². The van der Waals surface area contributed by atoms with Gasteiger partial charge in [0.2, 0.25) is 0 Å². The molecule has 2 N–H and O–H groups in total. The molecule has 0 saturated carbocycles. The van der Waals surface area contributed by atoms with Gasteiger partial charge in [-0.25, -0.2) is 9.37 Å². The quantitative estimate of drug-likeness (QED) is 0.879. The Bertz CT molecular complexity index is 586. The molecular formula is C14H15FN4O. The number of benzene rings is 1. The smallest absolute Gasteiger partial charge is 0.275 e. The van der Waals surface area contributed by atoms with E-state index in [0.29, 0.717) is 11.5 Å². The highest BCUT2D eigenvalue weighted by molar-refractivity contribution is 6.02. The van der Waals surface area contributed by atoms with E-state index in [-0.39, 0.29) is 17.4 Å². The first kappa shape index (κ1) is 13.9. The molecule has 1 amide bonds. The summed E-state index contributed by atoms with van der Waals surface area (Å²) in [5.74, 6) is -0.184. The van der Waals surface area contributed by atoms with Crippen LogP contribution in [0.3, 0.4) is 0 Å². The average Bonchev–Trinajstić information content (AvgIpc) is 2.48. The lowest BCUT2D eigenvalue weighted by Crippen LogP contribution is -2.15. The third-order valence-electron chi connectivity index (χ3n) is 2.53. The number of halogens is 1. The fourth-order valence-electron chi connectivity index (χ4n) is 1.54. The number of aromatic nitrogens is 2. The summed E-state index contributed by atoms with van der Waals surface area (Å²) < 4.78 is 12.8. The molecule has 0 bridgehead atoms. The number of nitrogens with one attached hydrogen (secondary N) is 2.